The number of hydrogen-bond acceptors (Lipinski definition) is 5. The summed E-state index contributed by atoms with van der Waals surface area (Å²) in [6.45, 7) is 3.96. The van der Waals surface area contributed by atoms with E-state index in [4.69, 9.17) is 14.5 Å². The predicted octanol–water partition coefficient (Wildman–Crippen LogP) is 4.72. The average Bonchev–Trinajstić information content (AvgIpc) is 3.18. The number of para-hydroxylation sites is 1. The zero-order chi connectivity index (χ0) is 19.5. The summed E-state index contributed by atoms with van der Waals surface area (Å²) >= 11 is 1.74. The number of likely N-dealkylation sites (tertiary alicyclic amines) is 1. The number of benzene rings is 2. The molecule has 0 radical (unpaired) electrons. The molecule has 2 aromatic carbocycles. The van der Waals surface area contributed by atoms with Gasteiger partial charge in [0.05, 0.1) is 28.9 Å². The number of nitrogens with zero attached hydrogens (tertiary/aromatic N) is 2. The van der Waals surface area contributed by atoms with Gasteiger partial charge in [0.1, 0.15) is 0 Å². The summed E-state index contributed by atoms with van der Waals surface area (Å²) in [5.41, 5.74) is 1.67. The number of ether oxygens (including phenoxy) is 2. The van der Waals surface area contributed by atoms with E-state index < -0.39 is 0 Å². The van der Waals surface area contributed by atoms with Crippen molar-refractivity contribution in [2.75, 3.05) is 26.8 Å². The van der Waals surface area contributed by atoms with E-state index in [2.05, 4.69) is 6.07 Å². The second kappa shape index (κ2) is 8.19. The molecule has 28 heavy (non-hydrogen) atoms. The second-order valence-electron chi connectivity index (χ2n) is 6.91. The van der Waals surface area contributed by atoms with Crippen LogP contribution in [0.4, 0.5) is 0 Å². The summed E-state index contributed by atoms with van der Waals surface area (Å²) < 4.78 is 12.2. The molecule has 1 saturated heterocycles. The van der Waals surface area contributed by atoms with Crippen molar-refractivity contribution in [1.82, 2.24) is 9.88 Å². The highest BCUT2D eigenvalue weighted by molar-refractivity contribution is 7.18. The van der Waals surface area contributed by atoms with Crippen LogP contribution < -0.4 is 9.47 Å². The number of hydrogen-bond donors (Lipinski definition) is 0. The van der Waals surface area contributed by atoms with Crippen LogP contribution in [0, 0.1) is 0 Å². The molecule has 1 fully saturated rings. The summed E-state index contributed by atoms with van der Waals surface area (Å²) in [5, 5.41) is 1.13. The highest BCUT2D eigenvalue weighted by Crippen LogP contribution is 2.34. The molecule has 1 atom stereocenters. The van der Waals surface area contributed by atoms with E-state index >= 15 is 0 Å². The number of thiazole rings is 1. The van der Waals surface area contributed by atoms with Gasteiger partial charge in [0.2, 0.25) is 0 Å². The SMILES string of the molecule is CCOc1ccc(C(=O)N2CCC[C@@H](c3nc4ccccc4s3)C2)cc1OC. The van der Waals surface area contributed by atoms with Crippen LogP contribution in [-0.4, -0.2) is 42.6 Å². The lowest BCUT2D eigenvalue weighted by Crippen LogP contribution is -2.39. The van der Waals surface area contributed by atoms with Gasteiger partial charge in [-0.3, -0.25) is 4.79 Å². The third-order valence-corrected chi connectivity index (χ3v) is 6.28. The molecule has 0 unspecified atom stereocenters. The molecule has 0 bridgehead atoms. The highest BCUT2D eigenvalue weighted by atomic mass is 32.1. The smallest absolute Gasteiger partial charge is 0.254 e. The molecule has 1 aliphatic rings. The summed E-state index contributed by atoms with van der Waals surface area (Å²) in [7, 11) is 1.59. The van der Waals surface area contributed by atoms with Crippen LogP contribution >= 0.6 is 11.3 Å². The van der Waals surface area contributed by atoms with Crippen LogP contribution in [0.1, 0.15) is 41.0 Å². The van der Waals surface area contributed by atoms with Gasteiger partial charge in [-0.2, -0.15) is 0 Å². The third-order valence-electron chi connectivity index (χ3n) is 5.08. The van der Waals surface area contributed by atoms with Crippen LogP contribution in [-0.2, 0) is 0 Å². The maximum Gasteiger partial charge on any atom is 0.254 e. The van der Waals surface area contributed by atoms with Crippen molar-refractivity contribution in [3.8, 4) is 11.5 Å². The molecule has 1 aromatic heterocycles. The van der Waals surface area contributed by atoms with Gasteiger partial charge in [-0.1, -0.05) is 12.1 Å². The maximum absolute atomic E-state index is 13.1. The zero-order valence-corrected chi connectivity index (χ0v) is 17.0. The monoisotopic (exact) mass is 396 g/mol. The first-order valence-corrected chi connectivity index (χ1v) is 10.5. The first kappa shape index (κ1) is 18.7. The summed E-state index contributed by atoms with van der Waals surface area (Å²) in [4.78, 5) is 19.8. The lowest BCUT2D eigenvalue weighted by atomic mass is 9.98. The van der Waals surface area contributed by atoms with E-state index in [1.165, 1.54) is 4.70 Å². The Hall–Kier alpha value is -2.60. The first-order chi connectivity index (χ1) is 13.7. The third kappa shape index (κ3) is 3.69. The van der Waals surface area contributed by atoms with Crippen molar-refractivity contribution >= 4 is 27.5 Å². The van der Waals surface area contributed by atoms with Gasteiger partial charge in [-0.15, -0.1) is 11.3 Å². The van der Waals surface area contributed by atoms with Crippen molar-refractivity contribution in [2.45, 2.75) is 25.7 Å². The van der Waals surface area contributed by atoms with Gasteiger partial charge < -0.3 is 14.4 Å². The molecular formula is C22H24N2O3S. The standard InChI is InChI=1S/C22H24N2O3S/c1-3-27-18-11-10-15(13-19(18)26-2)22(25)24-12-6-7-16(14-24)21-23-17-8-4-5-9-20(17)28-21/h4-5,8-11,13,16H,3,6-7,12,14H2,1-2H3/t16-/m1/s1. The molecule has 1 amide bonds. The van der Waals surface area contributed by atoms with Gasteiger partial charge in [0, 0.05) is 24.6 Å². The lowest BCUT2D eigenvalue weighted by Gasteiger charge is -2.32. The van der Waals surface area contributed by atoms with Gasteiger partial charge >= 0.3 is 0 Å². The summed E-state index contributed by atoms with van der Waals surface area (Å²) in [6.07, 6.45) is 2.05. The molecule has 5 nitrogen and oxygen atoms in total. The van der Waals surface area contributed by atoms with E-state index in [0.29, 0.717) is 36.1 Å². The molecule has 4 rings (SSSR count). The molecule has 0 aliphatic carbocycles. The molecular weight excluding hydrogens is 372 g/mol. The highest BCUT2D eigenvalue weighted by Gasteiger charge is 2.28. The van der Waals surface area contributed by atoms with Gasteiger partial charge in [0.25, 0.3) is 5.91 Å². The van der Waals surface area contributed by atoms with E-state index in [1.54, 1.807) is 24.5 Å². The van der Waals surface area contributed by atoms with Crippen molar-refractivity contribution in [1.29, 1.82) is 0 Å². The average molecular weight is 397 g/mol. The fraction of sp³-hybridized carbons (Fsp3) is 0.364. The fourth-order valence-corrected chi connectivity index (χ4v) is 4.78. The van der Waals surface area contributed by atoms with Crippen molar-refractivity contribution in [2.24, 2.45) is 0 Å². The Morgan fingerprint density at radius 1 is 1.25 bits per heavy atom. The van der Waals surface area contributed by atoms with Gasteiger partial charge in [-0.05, 0) is 50.1 Å². The quantitative estimate of drug-likeness (QED) is 0.626. The molecule has 146 valence electrons. The maximum atomic E-state index is 13.1. The van der Waals surface area contributed by atoms with E-state index in [-0.39, 0.29) is 5.91 Å². The normalized spacial score (nSPS) is 16.9. The van der Waals surface area contributed by atoms with Crippen LogP contribution in [0.15, 0.2) is 42.5 Å². The molecule has 0 N–H and O–H groups in total. The van der Waals surface area contributed by atoms with Crippen molar-refractivity contribution in [3.63, 3.8) is 0 Å². The Kier molecular flexibility index (Phi) is 5.48. The minimum absolute atomic E-state index is 0.0344. The second-order valence-corrected chi connectivity index (χ2v) is 7.97. The zero-order valence-electron chi connectivity index (χ0n) is 16.2. The minimum Gasteiger partial charge on any atom is -0.493 e. The van der Waals surface area contributed by atoms with E-state index in [0.717, 1.165) is 29.9 Å². The number of fused-ring (bicyclic) bond motifs is 1. The van der Waals surface area contributed by atoms with Gasteiger partial charge in [-0.25, -0.2) is 4.98 Å². The summed E-state index contributed by atoms with van der Waals surface area (Å²) in [5.74, 6) is 1.58. The van der Waals surface area contributed by atoms with Crippen LogP contribution in [0.25, 0.3) is 10.2 Å². The molecule has 1 aliphatic heterocycles. The van der Waals surface area contributed by atoms with Crippen LogP contribution in [0.2, 0.25) is 0 Å². The predicted molar refractivity (Wildman–Crippen MR) is 112 cm³/mol. The minimum atomic E-state index is 0.0344. The number of carbonyl (C=O) groups excluding carboxylic acids is 1. The molecule has 0 saturated carbocycles. The number of amides is 1. The Morgan fingerprint density at radius 3 is 2.89 bits per heavy atom. The topological polar surface area (TPSA) is 51.7 Å². The Bertz CT molecular complexity index is 952. The van der Waals surface area contributed by atoms with E-state index in [1.807, 2.05) is 42.2 Å². The molecule has 0 spiro atoms. The van der Waals surface area contributed by atoms with Crippen LogP contribution in [0.3, 0.4) is 0 Å². The summed E-state index contributed by atoms with van der Waals surface area (Å²) in [6, 6.07) is 13.6. The number of piperidine rings is 1. The fourth-order valence-electron chi connectivity index (χ4n) is 3.69. The Labute approximate surface area is 168 Å². The lowest BCUT2D eigenvalue weighted by molar-refractivity contribution is 0.0706. The largest absolute Gasteiger partial charge is 0.493 e. The number of rotatable bonds is 5. The van der Waals surface area contributed by atoms with Crippen molar-refractivity contribution in [3.05, 3.63) is 53.0 Å². The van der Waals surface area contributed by atoms with Crippen LogP contribution in [0.5, 0.6) is 11.5 Å². The number of methoxy groups -OCH3 is 1. The molecule has 6 heteroatoms. The first-order valence-electron chi connectivity index (χ1n) is 9.65. The molecule has 3 aromatic rings. The number of aromatic nitrogens is 1. The number of carbonyl (C=O) groups is 1. The molecule has 2 heterocycles. The Morgan fingerprint density at radius 2 is 2.11 bits per heavy atom. The van der Waals surface area contributed by atoms with E-state index in [9.17, 15) is 4.79 Å². The van der Waals surface area contributed by atoms with Gasteiger partial charge in [0.15, 0.2) is 11.5 Å². The Balaban J connectivity index is 1.53. The van der Waals surface area contributed by atoms with Crippen molar-refractivity contribution < 1.29 is 14.3 Å².